The van der Waals surface area contributed by atoms with Crippen molar-refractivity contribution in [2.75, 3.05) is 46.9 Å². The van der Waals surface area contributed by atoms with Crippen molar-refractivity contribution >= 4 is 17.2 Å². The molecule has 0 atom stereocenters. The molecule has 5 heteroatoms. The van der Waals surface area contributed by atoms with Crippen LogP contribution in [-0.4, -0.2) is 61.7 Å². The molecule has 0 aliphatic rings. The smallest absolute Gasteiger partial charge is 0.119 e. The second-order valence-electron chi connectivity index (χ2n) is 5.38. The molecule has 21 heavy (non-hydrogen) atoms. The third-order valence-electron chi connectivity index (χ3n) is 3.22. The quantitative estimate of drug-likeness (QED) is 0.669. The lowest BCUT2D eigenvalue weighted by molar-refractivity contribution is 0.194. The first kappa shape index (κ1) is 17.9. The highest BCUT2D eigenvalue weighted by Gasteiger charge is 2.05. The van der Waals surface area contributed by atoms with Gasteiger partial charge in [-0.2, -0.15) is 0 Å². The number of ether oxygens (including phenoxy) is 1. The van der Waals surface area contributed by atoms with Crippen LogP contribution in [0.1, 0.15) is 18.9 Å². The summed E-state index contributed by atoms with van der Waals surface area (Å²) < 4.78 is 5.79. The van der Waals surface area contributed by atoms with Gasteiger partial charge in [0.05, 0.1) is 0 Å². The van der Waals surface area contributed by atoms with Gasteiger partial charge in [-0.15, -0.1) is 0 Å². The Balaban J connectivity index is 2.36. The third-order valence-corrected chi connectivity index (χ3v) is 3.45. The Hall–Kier alpha value is -1.17. The summed E-state index contributed by atoms with van der Waals surface area (Å²) in [5.74, 6) is 0.860. The minimum atomic E-state index is 0.416. The maximum Gasteiger partial charge on any atom is 0.119 e. The molecule has 0 amide bonds. The molecule has 1 aromatic rings. The van der Waals surface area contributed by atoms with E-state index in [-0.39, 0.29) is 0 Å². The van der Waals surface area contributed by atoms with Crippen molar-refractivity contribution in [2.45, 2.75) is 13.3 Å². The molecular formula is C16H27N3OS. The van der Waals surface area contributed by atoms with Gasteiger partial charge in [-0.1, -0.05) is 19.1 Å². The van der Waals surface area contributed by atoms with E-state index in [1.54, 1.807) is 0 Å². The molecule has 0 aliphatic heterocycles. The molecule has 118 valence electrons. The van der Waals surface area contributed by atoms with Gasteiger partial charge in [0.25, 0.3) is 0 Å². The Bertz CT molecular complexity index is 420. The van der Waals surface area contributed by atoms with Crippen LogP contribution in [0.5, 0.6) is 5.75 Å². The van der Waals surface area contributed by atoms with Crippen molar-refractivity contribution in [1.29, 1.82) is 0 Å². The molecule has 0 saturated carbocycles. The summed E-state index contributed by atoms with van der Waals surface area (Å²) in [5.41, 5.74) is 6.45. The van der Waals surface area contributed by atoms with Crippen molar-refractivity contribution in [2.24, 2.45) is 5.73 Å². The fourth-order valence-corrected chi connectivity index (χ4v) is 2.14. The number of likely N-dealkylation sites (N-methyl/N-ethyl adjacent to an activating group) is 1. The number of hydrogen-bond acceptors (Lipinski definition) is 4. The summed E-state index contributed by atoms with van der Waals surface area (Å²) in [7, 11) is 4.20. The van der Waals surface area contributed by atoms with Crippen LogP contribution in [0.25, 0.3) is 0 Å². The Morgan fingerprint density at radius 3 is 2.29 bits per heavy atom. The molecule has 0 fully saturated rings. The molecule has 0 unspecified atom stereocenters. The van der Waals surface area contributed by atoms with E-state index in [9.17, 15) is 0 Å². The molecule has 1 rings (SSSR count). The molecule has 0 bridgehead atoms. The van der Waals surface area contributed by atoms with E-state index in [0.29, 0.717) is 11.6 Å². The molecule has 2 N–H and O–H groups in total. The Labute approximate surface area is 133 Å². The molecule has 0 radical (unpaired) electrons. The lowest BCUT2D eigenvalue weighted by Gasteiger charge is -2.23. The molecule has 1 aromatic carbocycles. The van der Waals surface area contributed by atoms with E-state index in [4.69, 9.17) is 22.7 Å². The van der Waals surface area contributed by atoms with Crippen LogP contribution >= 0.6 is 12.2 Å². The van der Waals surface area contributed by atoms with Gasteiger partial charge in [0, 0.05) is 25.2 Å². The van der Waals surface area contributed by atoms with E-state index < -0.39 is 0 Å². The largest absolute Gasteiger partial charge is 0.492 e. The number of rotatable bonds is 10. The normalized spacial score (nSPS) is 11.1. The SMILES string of the molecule is CCCN(CCOc1ccc(C(N)=S)cc1)CCN(C)C. The van der Waals surface area contributed by atoms with E-state index >= 15 is 0 Å². The van der Waals surface area contributed by atoms with Crippen LogP contribution in [0.15, 0.2) is 24.3 Å². The maximum absolute atomic E-state index is 5.79. The molecule has 0 aliphatic carbocycles. The van der Waals surface area contributed by atoms with Crippen molar-refractivity contribution in [3.8, 4) is 5.75 Å². The molecule has 0 aromatic heterocycles. The van der Waals surface area contributed by atoms with Crippen molar-refractivity contribution in [3.63, 3.8) is 0 Å². The van der Waals surface area contributed by atoms with E-state index in [1.807, 2.05) is 24.3 Å². The lowest BCUT2D eigenvalue weighted by Crippen LogP contribution is -2.35. The van der Waals surface area contributed by atoms with Crippen LogP contribution in [-0.2, 0) is 0 Å². The molecule has 0 saturated heterocycles. The predicted molar refractivity (Wildman–Crippen MR) is 93.1 cm³/mol. The van der Waals surface area contributed by atoms with Gasteiger partial charge in [0.2, 0.25) is 0 Å². The fourth-order valence-electron chi connectivity index (χ4n) is 2.00. The molecule has 0 spiro atoms. The molecule has 4 nitrogen and oxygen atoms in total. The maximum atomic E-state index is 5.79. The summed E-state index contributed by atoms with van der Waals surface area (Å²) in [6, 6.07) is 7.62. The topological polar surface area (TPSA) is 41.7 Å². The zero-order chi connectivity index (χ0) is 15.7. The van der Waals surface area contributed by atoms with Gasteiger partial charge >= 0.3 is 0 Å². The Morgan fingerprint density at radius 2 is 1.76 bits per heavy atom. The highest BCUT2D eigenvalue weighted by Crippen LogP contribution is 2.12. The van der Waals surface area contributed by atoms with Gasteiger partial charge in [-0.05, 0) is 51.3 Å². The second-order valence-corrected chi connectivity index (χ2v) is 5.82. The van der Waals surface area contributed by atoms with Gasteiger partial charge < -0.3 is 15.4 Å². The monoisotopic (exact) mass is 309 g/mol. The minimum absolute atomic E-state index is 0.416. The zero-order valence-electron chi connectivity index (χ0n) is 13.3. The highest BCUT2D eigenvalue weighted by molar-refractivity contribution is 7.80. The van der Waals surface area contributed by atoms with E-state index in [2.05, 4.69) is 30.8 Å². The van der Waals surface area contributed by atoms with Gasteiger partial charge in [-0.3, -0.25) is 4.90 Å². The number of hydrogen-bond donors (Lipinski definition) is 1. The van der Waals surface area contributed by atoms with Crippen molar-refractivity contribution < 1.29 is 4.74 Å². The van der Waals surface area contributed by atoms with Crippen LogP contribution < -0.4 is 10.5 Å². The first-order valence-corrected chi connectivity index (χ1v) is 7.83. The van der Waals surface area contributed by atoms with Crippen LogP contribution in [0.3, 0.4) is 0 Å². The fraction of sp³-hybridized carbons (Fsp3) is 0.562. The predicted octanol–water partition coefficient (Wildman–Crippen LogP) is 1.97. The second kappa shape index (κ2) is 9.71. The van der Waals surface area contributed by atoms with Crippen molar-refractivity contribution in [3.05, 3.63) is 29.8 Å². The summed E-state index contributed by atoms with van der Waals surface area (Å²) in [5, 5.41) is 0. The van der Waals surface area contributed by atoms with Crippen molar-refractivity contribution in [1.82, 2.24) is 9.80 Å². The lowest BCUT2D eigenvalue weighted by atomic mass is 10.2. The number of benzene rings is 1. The van der Waals surface area contributed by atoms with Crippen LogP contribution in [0, 0.1) is 0 Å². The summed E-state index contributed by atoms with van der Waals surface area (Å²) in [6.07, 6.45) is 1.16. The molecular weight excluding hydrogens is 282 g/mol. The first-order valence-electron chi connectivity index (χ1n) is 7.42. The standard InChI is InChI=1S/C16H27N3OS/c1-4-9-19(11-10-18(2)3)12-13-20-15-7-5-14(6-8-15)16(17)21/h5-8H,4,9-13H2,1-3H3,(H2,17,21). The van der Waals surface area contributed by atoms with Crippen LogP contribution in [0.4, 0.5) is 0 Å². The average Bonchev–Trinajstić information content (AvgIpc) is 2.45. The minimum Gasteiger partial charge on any atom is -0.492 e. The Kier molecular flexibility index (Phi) is 8.27. The summed E-state index contributed by atoms with van der Waals surface area (Å²) in [4.78, 5) is 5.06. The van der Waals surface area contributed by atoms with Gasteiger partial charge in [-0.25, -0.2) is 0 Å². The van der Waals surface area contributed by atoms with Gasteiger partial charge in [0.15, 0.2) is 0 Å². The summed E-state index contributed by atoms with van der Waals surface area (Å²) in [6.45, 7) is 7.10. The number of nitrogens with zero attached hydrogens (tertiary/aromatic N) is 2. The van der Waals surface area contributed by atoms with Crippen LogP contribution in [0.2, 0.25) is 0 Å². The highest BCUT2D eigenvalue weighted by atomic mass is 32.1. The van der Waals surface area contributed by atoms with E-state index in [1.165, 1.54) is 0 Å². The first-order chi connectivity index (χ1) is 10.0. The van der Waals surface area contributed by atoms with E-state index in [0.717, 1.165) is 43.9 Å². The Morgan fingerprint density at radius 1 is 1.10 bits per heavy atom. The zero-order valence-corrected chi connectivity index (χ0v) is 14.2. The van der Waals surface area contributed by atoms with Gasteiger partial charge in [0.1, 0.15) is 17.3 Å². The average molecular weight is 309 g/mol. The number of thiocarbonyl (C=S) groups is 1. The summed E-state index contributed by atoms with van der Waals surface area (Å²) >= 11 is 4.93. The number of nitrogens with two attached hydrogens (primary N) is 1. The third kappa shape index (κ3) is 7.41. The molecule has 0 heterocycles.